The molecule has 0 fully saturated rings. The minimum absolute atomic E-state index is 0.242. The molecule has 1 aliphatic rings. The average Bonchev–Trinajstić information content (AvgIpc) is 2.83. The second-order valence-corrected chi connectivity index (χ2v) is 6.01. The highest BCUT2D eigenvalue weighted by Gasteiger charge is 2.19. The number of nitrogens with two attached hydrogens (primary N) is 1. The van der Waals surface area contributed by atoms with Gasteiger partial charge in [0.25, 0.3) is 0 Å². The number of fused-ring (bicyclic) bond motifs is 1. The first kappa shape index (κ1) is 12.9. The lowest BCUT2D eigenvalue weighted by atomic mass is 10.1. The van der Waals surface area contributed by atoms with Crippen LogP contribution in [0.25, 0.3) is 0 Å². The zero-order chi connectivity index (χ0) is 13.2. The van der Waals surface area contributed by atoms with E-state index >= 15 is 0 Å². The van der Waals surface area contributed by atoms with Crippen molar-refractivity contribution in [2.75, 3.05) is 13.2 Å². The minimum Gasteiger partial charge on any atom is -0.490 e. The molecule has 2 heterocycles. The van der Waals surface area contributed by atoms with Crippen molar-refractivity contribution in [2.45, 2.75) is 12.5 Å². The fraction of sp³-hybridized carbons (Fsp3) is 0.308. The van der Waals surface area contributed by atoms with Crippen LogP contribution < -0.4 is 15.2 Å². The number of rotatable bonds is 2. The maximum Gasteiger partial charge on any atom is 0.175 e. The fourth-order valence-electron chi connectivity index (χ4n) is 1.96. The Bertz CT molecular complexity index is 574. The van der Waals surface area contributed by atoms with E-state index in [1.165, 1.54) is 0 Å². The van der Waals surface area contributed by atoms with Crippen LogP contribution in [0.3, 0.4) is 0 Å². The first-order chi connectivity index (χ1) is 9.25. The van der Waals surface area contributed by atoms with Gasteiger partial charge in [-0.3, -0.25) is 0 Å². The standard InChI is InChI=1S/C13H13BrN2O2S/c14-9-6-8(11(15)13-16-2-5-19-13)7-10-12(9)18-4-1-3-17-10/h2,5-7,11H,1,3-4,15H2. The van der Waals surface area contributed by atoms with Crippen LogP contribution in [0.15, 0.2) is 28.2 Å². The van der Waals surface area contributed by atoms with E-state index in [4.69, 9.17) is 15.2 Å². The number of halogens is 1. The largest absolute Gasteiger partial charge is 0.490 e. The van der Waals surface area contributed by atoms with Gasteiger partial charge in [0.2, 0.25) is 0 Å². The molecule has 1 aliphatic heterocycles. The van der Waals surface area contributed by atoms with Gasteiger partial charge in [-0.1, -0.05) is 0 Å². The maximum absolute atomic E-state index is 6.23. The number of hydrogen-bond donors (Lipinski definition) is 1. The van der Waals surface area contributed by atoms with E-state index in [0.717, 1.165) is 33.0 Å². The highest BCUT2D eigenvalue weighted by molar-refractivity contribution is 9.10. The molecule has 100 valence electrons. The van der Waals surface area contributed by atoms with E-state index < -0.39 is 0 Å². The molecule has 1 aromatic carbocycles. The van der Waals surface area contributed by atoms with Crippen molar-refractivity contribution in [3.05, 3.63) is 38.8 Å². The molecule has 1 unspecified atom stereocenters. The molecule has 0 amide bonds. The normalized spacial score (nSPS) is 15.9. The third-order valence-corrected chi connectivity index (χ3v) is 4.35. The minimum atomic E-state index is -0.242. The van der Waals surface area contributed by atoms with Gasteiger partial charge in [-0.25, -0.2) is 4.98 Å². The molecule has 6 heteroatoms. The summed E-state index contributed by atoms with van der Waals surface area (Å²) in [5.41, 5.74) is 7.20. The number of nitrogens with zero attached hydrogens (tertiary/aromatic N) is 1. The topological polar surface area (TPSA) is 57.4 Å². The zero-order valence-electron chi connectivity index (χ0n) is 10.1. The molecule has 2 aromatic rings. The smallest absolute Gasteiger partial charge is 0.175 e. The number of ether oxygens (including phenoxy) is 2. The van der Waals surface area contributed by atoms with Gasteiger partial charge in [0, 0.05) is 18.0 Å². The van der Waals surface area contributed by atoms with Crippen molar-refractivity contribution in [3.8, 4) is 11.5 Å². The number of aromatic nitrogens is 1. The van der Waals surface area contributed by atoms with Gasteiger partial charge in [-0.05, 0) is 33.6 Å². The molecule has 2 N–H and O–H groups in total. The molecule has 19 heavy (non-hydrogen) atoms. The van der Waals surface area contributed by atoms with Crippen molar-refractivity contribution < 1.29 is 9.47 Å². The Balaban J connectivity index is 1.99. The lowest BCUT2D eigenvalue weighted by Crippen LogP contribution is -2.12. The molecule has 1 atom stereocenters. The van der Waals surface area contributed by atoms with Crippen LogP contribution in [0.5, 0.6) is 11.5 Å². The van der Waals surface area contributed by atoms with E-state index in [9.17, 15) is 0 Å². The van der Waals surface area contributed by atoms with Gasteiger partial charge < -0.3 is 15.2 Å². The van der Waals surface area contributed by atoms with Gasteiger partial charge in [-0.2, -0.15) is 0 Å². The van der Waals surface area contributed by atoms with Crippen LogP contribution in [0.1, 0.15) is 23.0 Å². The summed E-state index contributed by atoms with van der Waals surface area (Å²) in [6.07, 6.45) is 2.65. The van der Waals surface area contributed by atoms with Crippen molar-refractivity contribution >= 4 is 27.3 Å². The SMILES string of the molecule is NC(c1cc(Br)c2c(c1)OCCCO2)c1nccs1. The summed E-state index contributed by atoms with van der Waals surface area (Å²) in [6.45, 7) is 1.33. The van der Waals surface area contributed by atoms with E-state index in [1.54, 1.807) is 17.5 Å². The van der Waals surface area contributed by atoms with Crippen LogP contribution in [0, 0.1) is 0 Å². The van der Waals surface area contributed by atoms with E-state index in [2.05, 4.69) is 20.9 Å². The number of benzene rings is 1. The monoisotopic (exact) mass is 340 g/mol. The molecule has 1 aromatic heterocycles. The maximum atomic E-state index is 6.23. The summed E-state index contributed by atoms with van der Waals surface area (Å²) in [7, 11) is 0. The van der Waals surface area contributed by atoms with Gasteiger partial charge in [0.1, 0.15) is 5.01 Å². The molecule has 0 bridgehead atoms. The van der Waals surface area contributed by atoms with Crippen LogP contribution >= 0.6 is 27.3 Å². The van der Waals surface area contributed by atoms with E-state index in [1.807, 2.05) is 17.5 Å². The fourth-order valence-corrected chi connectivity index (χ4v) is 3.20. The van der Waals surface area contributed by atoms with Crippen molar-refractivity contribution in [3.63, 3.8) is 0 Å². The Morgan fingerprint density at radius 1 is 1.32 bits per heavy atom. The molecule has 0 spiro atoms. The molecule has 0 saturated carbocycles. The number of hydrogen-bond acceptors (Lipinski definition) is 5. The Hall–Kier alpha value is -1.11. The Morgan fingerprint density at radius 3 is 2.95 bits per heavy atom. The molecular weight excluding hydrogens is 328 g/mol. The Kier molecular flexibility index (Phi) is 3.72. The molecule has 0 aliphatic carbocycles. The summed E-state index contributed by atoms with van der Waals surface area (Å²) in [5, 5.41) is 2.81. The van der Waals surface area contributed by atoms with E-state index in [0.29, 0.717) is 13.2 Å². The highest BCUT2D eigenvalue weighted by Crippen LogP contribution is 2.40. The van der Waals surface area contributed by atoms with Crippen LogP contribution in [-0.4, -0.2) is 18.2 Å². The summed E-state index contributed by atoms with van der Waals surface area (Å²) < 4.78 is 12.3. The Labute approximate surface area is 123 Å². The predicted octanol–water partition coefficient (Wildman–Crippen LogP) is 3.12. The number of thiazole rings is 1. The van der Waals surface area contributed by atoms with Crippen LogP contribution in [0.4, 0.5) is 0 Å². The summed E-state index contributed by atoms with van der Waals surface area (Å²) in [4.78, 5) is 4.26. The lowest BCUT2D eigenvalue weighted by molar-refractivity contribution is 0.296. The predicted molar refractivity (Wildman–Crippen MR) is 77.9 cm³/mol. The first-order valence-corrected chi connectivity index (χ1v) is 7.67. The molecular formula is C13H13BrN2O2S. The molecule has 0 radical (unpaired) electrons. The summed E-state index contributed by atoms with van der Waals surface area (Å²) in [5.74, 6) is 1.50. The summed E-state index contributed by atoms with van der Waals surface area (Å²) >= 11 is 5.07. The molecule has 0 saturated heterocycles. The second kappa shape index (κ2) is 5.48. The van der Waals surface area contributed by atoms with Crippen molar-refractivity contribution in [1.82, 2.24) is 4.98 Å². The van der Waals surface area contributed by atoms with Crippen LogP contribution in [-0.2, 0) is 0 Å². The lowest BCUT2D eigenvalue weighted by Gasteiger charge is -2.14. The van der Waals surface area contributed by atoms with Gasteiger partial charge in [0.15, 0.2) is 11.5 Å². The van der Waals surface area contributed by atoms with Gasteiger partial charge in [-0.15, -0.1) is 11.3 Å². The van der Waals surface area contributed by atoms with Crippen LogP contribution in [0.2, 0.25) is 0 Å². The third kappa shape index (κ3) is 2.61. The van der Waals surface area contributed by atoms with Crippen molar-refractivity contribution in [2.24, 2.45) is 5.73 Å². The van der Waals surface area contributed by atoms with E-state index in [-0.39, 0.29) is 6.04 Å². The second-order valence-electron chi connectivity index (χ2n) is 4.23. The average molecular weight is 341 g/mol. The first-order valence-electron chi connectivity index (χ1n) is 5.99. The van der Waals surface area contributed by atoms with Gasteiger partial charge in [0.05, 0.1) is 23.7 Å². The Morgan fingerprint density at radius 2 is 2.16 bits per heavy atom. The zero-order valence-corrected chi connectivity index (χ0v) is 12.5. The highest BCUT2D eigenvalue weighted by atomic mass is 79.9. The third-order valence-electron chi connectivity index (χ3n) is 2.90. The van der Waals surface area contributed by atoms with Crippen molar-refractivity contribution in [1.29, 1.82) is 0 Å². The summed E-state index contributed by atoms with van der Waals surface area (Å²) in [6, 6.07) is 3.67. The van der Waals surface area contributed by atoms with Gasteiger partial charge >= 0.3 is 0 Å². The quantitative estimate of drug-likeness (QED) is 0.912. The molecule has 4 nitrogen and oxygen atoms in total. The molecule has 3 rings (SSSR count).